The van der Waals surface area contributed by atoms with Gasteiger partial charge in [-0.05, 0) is 0 Å². The van der Waals surface area contributed by atoms with E-state index < -0.39 is 0 Å². The van der Waals surface area contributed by atoms with E-state index in [1.165, 1.54) is 6.39 Å². The number of aromatic nitrogens is 1. The van der Waals surface area contributed by atoms with Gasteiger partial charge in [0.05, 0.1) is 5.69 Å². The third kappa shape index (κ3) is 3.84. The fourth-order valence-electron chi connectivity index (χ4n) is 1.41. The minimum Gasteiger partial charge on any atom is -0.451 e. The third-order valence-corrected chi connectivity index (χ3v) is 2.08. The monoisotopic (exact) mass is 239 g/mol. The summed E-state index contributed by atoms with van der Waals surface area (Å²) in [4.78, 5) is 6.45. The Labute approximate surface area is 95.9 Å². The Morgan fingerprint density at radius 1 is 1.36 bits per heavy atom. The summed E-state index contributed by atoms with van der Waals surface area (Å²) in [6.45, 7) is 5.29. The van der Waals surface area contributed by atoms with Crippen LogP contribution >= 0.6 is 24.8 Å². The van der Waals surface area contributed by atoms with Crippen molar-refractivity contribution in [3.05, 3.63) is 18.4 Å². The number of oxazole rings is 1. The molecule has 4 nitrogen and oxygen atoms in total. The first-order valence-corrected chi connectivity index (χ1v) is 4.25. The fourth-order valence-corrected chi connectivity index (χ4v) is 1.41. The maximum Gasteiger partial charge on any atom is 0.180 e. The molecule has 1 fully saturated rings. The van der Waals surface area contributed by atoms with Crippen LogP contribution in [0.1, 0.15) is 5.69 Å². The number of piperazine rings is 1. The lowest BCUT2D eigenvalue weighted by atomic mass is 10.3. The van der Waals surface area contributed by atoms with E-state index in [-0.39, 0.29) is 24.8 Å². The quantitative estimate of drug-likeness (QED) is 0.834. The number of nitrogens with one attached hydrogen (secondary N) is 1. The molecule has 0 radical (unpaired) electrons. The van der Waals surface area contributed by atoms with Crippen LogP contribution in [-0.2, 0) is 6.54 Å². The molecule has 1 saturated heterocycles. The first-order chi connectivity index (χ1) is 5.95. The van der Waals surface area contributed by atoms with Gasteiger partial charge in [-0.15, -0.1) is 24.8 Å². The molecule has 1 aliphatic rings. The number of halogens is 2. The van der Waals surface area contributed by atoms with Crippen molar-refractivity contribution in [2.75, 3.05) is 26.2 Å². The Bertz CT molecular complexity index is 225. The lowest BCUT2D eigenvalue weighted by Gasteiger charge is -2.25. The van der Waals surface area contributed by atoms with Crippen LogP contribution in [0.4, 0.5) is 0 Å². The second-order valence-corrected chi connectivity index (χ2v) is 3.01. The SMILES string of the molecule is Cl.Cl.c1nc(CN2CCNCC2)co1. The van der Waals surface area contributed by atoms with Gasteiger partial charge in [-0.25, -0.2) is 4.98 Å². The maximum atomic E-state index is 4.90. The lowest BCUT2D eigenvalue weighted by molar-refractivity contribution is 0.230. The molecule has 1 N–H and O–H groups in total. The molecule has 6 heteroatoms. The molecule has 1 aliphatic heterocycles. The first kappa shape index (κ1) is 13.7. The van der Waals surface area contributed by atoms with E-state index in [1.807, 2.05) is 0 Å². The van der Waals surface area contributed by atoms with Crippen molar-refractivity contribution >= 4 is 24.8 Å². The Morgan fingerprint density at radius 2 is 2.07 bits per heavy atom. The van der Waals surface area contributed by atoms with E-state index in [2.05, 4.69) is 15.2 Å². The van der Waals surface area contributed by atoms with Crippen molar-refractivity contribution in [3.63, 3.8) is 0 Å². The molecule has 0 aromatic carbocycles. The lowest BCUT2D eigenvalue weighted by Crippen LogP contribution is -2.42. The molecule has 0 aliphatic carbocycles. The highest BCUT2D eigenvalue weighted by molar-refractivity contribution is 5.85. The Morgan fingerprint density at radius 3 is 2.64 bits per heavy atom. The number of nitrogens with zero attached hydrogens (tertiary/aromatic N) is 2. The normalized spacial score (nSPS) is 16.9. The molecule has 2 heterocycles. The van der Waals surface area contributed by atoms with E-state index in [0.717, 1.165) is 38.4 Å². The second-order valence-electron chi connectivity index (χ2n) is 3.01. The average molecular weight is 240 g/mol. The zero-order valence-corrected chi connectivity index (χ0v) is 9.44. The summed E-state index contributed by atoms with van der Waals surface area (Å²) in [5.41, 5.74) is 1.02. The van der Waals surface area contributed by atoms with E-state index in [9.17, 15) is 0 Å². The van der Waals surface area contributed by atoms with Crippen LogP contribution < -0.4 is 5.32 Å². The van der Waals surface area contributed by atoms with Crippen LogP contribution in [0.2, 0.25) is 0 Å². The van der Waals surface area contributed by atoms with Crippen LogP contribution in [0.15, 0.2) is 17.1 Å². The van der Waals surface area contributed by atoms with Gasteiger partial charge in [0.15, 0.2) is 6.39 Å². The summed E-state index contributed by atoms with van der Waals surface area (Å²) in [7, 11) is 0. The molecule has 0 atom stereocenters. The van der Waals surface area contributed by atoms with Gasteiger partial charge in [0.2, 0.25) is 0 Å². The van der Waals surface area contributed by atoms with Gasteiger partial charge < -0.3 is 9.73 Å². The van der Waals surface area contributed by atoms with Crippen molar-refractivity contribution in [1.82, 2.24) is 15.2 Å². The smallest absolute Gasteiger partial charge is 0.180 e. The summed E-state index contributed by atoms with van der Waals surface area (Å²) >= 11 is 0. The Hall–Kier alpha value is -0.290. The molecule has 1 aromatic heterocycles. The van der Waals surface area contributed by atoms with Gasteiger partial charge >= 0.3 is 0 Å². The minimum atomic E-state index is 0. The van der Waals surface area contributed by atoms with Gasteiger partial charge in [0, 0.05) is 32.7 Å². The summed E-state index contributed by atoms with van der Waals surface area (Å²) in [6.07, 6.45) is 3.19. The zero-order chi connectivity index (χ0) is 8.23. The predicted molar refractivity (Wildman–Crippen MR) is 59.1 cm³/mol. The highest BCUT2D eigenvalue weighted by Gasteiger charge is 2.10. The molecule has 0 saturated carbocycles. The molecule has 82 valence electrons. The minimum absolute atomic E-state index is 0. The van der Waals surface area contributed by atoms with Crippen molar-refractivity contribution in [2.45, 2.75) is 6.54 Å². The largest absolute Gasteiger partial charge is 0.451 e. The second kappa shape index (κ2) is 7.06. The van der Waals surface area contributed by atoms with Gasteiger partial charge in [-0.1, -0.05) is 0 Å². The van der Waals surface area contributed by atoms with Crippen LogP contribution in [0.3, 0.4) is 0 Å². The Kier molecular flexibility index (Phi) is 6.92. The topological polar surface area (TPSA) is 41.3 Å². The van der Waals surface area contributed by atoms with Gasteiger partial charge in [0.25, 0.3) is 0 Å². The molecular weight excluding hydrogens is 225 g/mol. The summed E-state index contributed by atoms with van der Waals surface area (Å²) < 4.78 is 4.90. The standard InChI is InChI=1S/C8H13N3O.2ClH/c1-3-11(4-2-9-1)5-8-6-12-7-10-8;;/h6-7,9H,1-5H2;2*1H. The summed E-state index contributed by atoms with van der Waals surface area (Å²) in [5.74, 6) is 0. The van der Waals surface area contributed by atoms with Crippen molar-refractivity contribution in [2.24, 2.45) is 0 Å². The maximum absolute atomic E-state index is 4.90. The number of rotatable bonds is 2. The highest BCUT2D eigenvalue weighted by atomic mass is 35.5. The summed E-state index contributed by atoms with van der Waals surface area (Å²) in [6, 6.07) is 0. The first-order valence-electron chi connectivity index (χ1n) is 4.25. The van der Waals surface area contributed by atoms with Gasteiger partial charge in [-0.3, -0.25) is 4.90 Å². The molecule has 14 heavy (non-hydrogen) atoms. The van der Waals surface area contributed by atoms with Crippen LogP contribution in [0.5, 0.6) is 0 Å². The molecule has 0 spiro atoms. The third-order valence-electron chi connectivity index (χ3n) is 2.08. The predicted octanol–water partition coefficient (Wildman–Crippen LogP) is 0.923. The van der Waals surface area contributed by atoms with Gasteiger partial charge in [0.1, 0.15) is 6.26 Å². The fraction of sp³-hybridized carbons (Fsp3) is 0.625. The average Bonchev–Trinajstić information content (AvgIpc) is 2.59. The van der Waals surface area contributed by atoms with Crippen molar-refractivity contribution in [1.29, 1.82) is 0 Å². The molecule has 0 unspecified atom stereocenters. The van der Waals surface area contributed by atoms with E-state index in [0.29, 0.717) is 0 Å². The zero-order valence-electron chi connectivity index (χ0n) is 7.81. The number of hydrogen-bond acceptors (Lipinski definition) is 4. The molecule has 2 rings (SSSR count). The molecule has 0 amide bonds. The van der Waals surface area contributed by atoms with E-state index in [1.54, 1.807) is 6.26 Å². The highest BCUT2D eigenvalue weighted by Crippen LogP contribution is 2.01. The van der Waals surface area contributed by atoms with Crippen LogP contribution in [0, 0.1) is 0 Å². The summed E-state index contributed by atoms with van der Waals surface area (Å²) in [5, 5.41) is 3.31. The van der Waals surface area contributed by atoms with Crippen molar-refractivity contribution < 1.29 is 4.42 Å². The molecular formula is C8H15Cl2N3O. The van der Waals surface area contributed by atoms with Gasteiger partial charge in [-0.2, -0.15) is 0 Å². The van der Waals surface area contributed by atoms with E-state index in [4.69, 9.17) is 4.42 Å². The van der Waals surface area contributed by atoms with Crippen LogP contribution in [0.25, 0.3) is 0 Å². The Balaban J connectivity index is 0.000000845. The number of hydrogen-bond donors (Lipinski definition) is 1. The van der Waals surface area contributed by atoms with Crippen LogP contribution in [-0.4, -0.2) is 36.1 Å². The van der Waals surface area contributed by atoms with Crippen molar-refractivity contribution in [3.8, 4) is 0 Å². The molecule has 1 aromatic rings. The van der Waals surface area contributed by atoms with E-state index >= 15 is 0 Å². The molecule has 0 bridgehead atoms.